The van der Waals surface area contributed by atoms with Crippen LogP contribution in [0, 0.1) is 5.82 Å². The number of unbranched alkanes of at least 4 members (excludes halogenated alkanes) is 3. The van der Waals surface area contributed by atoms with Crippen LogP contribution in [0.15, 0.2) is 11.0 Å². The molecule has 0 saturated carbocycles. The molecule has 0 unspecified atom stereocenters. The fourth-order valence-electron chi connectivity index (χ4n) is 2.65. The van der Waals surface area contributed by atoms with E-state index in [1.807, 2.05) is 12.2 Å². The van der Waals surface area contributed by atoms with E-state index in [9.17, 15) is 24.2 Å². The van der Waals surface area contributed by atoms with Gasteiger partial charge >= 0.3 is 11.8 Å². The number of amides is 1. The normalized spacial score (nSPS) is 24.8. The molecule has 1 aliphatic rings. The van der Waals surface area contributed by atoms with Gasteiger partial charge < -0.3 is 24.8 Å². The molecule has 2 rings (SSSR count). The molecule has 1 aromatic rings. The lowest BCUT2D eigenvalue weighted by Gasteiger charge is -2.17. The third-order valence-electron chi connectivity index (χ3n) is 4.15. The van der Waals surface area contributed by atoms with Gasteiger partial charge in [-0.3, -0.25) is 9.88 Å². The van der Waals surface area contributed by atoms with Crippen molar-refractivity contribution in [3.05, 3.63) is 22.5 Å². The summed E-state index contributed by atoms with van der Waals surface area (Å²) < 4.78 is 24.9. The molecule has 0 radical (unpaired) electrons. The standard InChI is InChI=1S/C16H24FN3O7/c1-2-3-4-5-6-26-16(25)19-13-9(17)7-20(15(24)18-13)14-12(23)11(22)10(8-21)27-14/h7,10-12,14,21-23H,2-6,8H2,1H3,(H,18,19,24,25)/t10-,11-,12-,14-/m1/s1. The van der Waals surface area contributed by atoms with Gasteiger partial charge in [-0.15, -0.1) is 0 Å². The predicted octanol–water partition coefficient (Wildman–Crippen LogP) is 0.123. The summed E-state index contributed by atoms with van der Waals surface area (Å²) >= 11 is 0. The lowest BCUT2D eigenvalue weighted by Crippen LogP contribution is -2.36. The first-order valence-corrected chi connectivity index (χ1v) is 8.74. The van der Waals surface area contributed by atoms with Gasteiger partial charge in [0.05, 0.1) is 19.4 Å². The minimum absolute atomic E-state index is 0.160. The number of aliphatic hydroxyl groups is 3. The first-order valence-electron chi connectivity index (χ1n) is 8.74. The fraction of sp³-hybridized carbons (Fsp3) is 0.688. The van der Waals surface area contributed by atoms with Gasteiger partial charge in [-0.2, -0.15) is 4.98 Å². The first-order chi connectivity index (χ1) is 12.9. The quantitative estimate of drug-likeness (QED) is 0.459. The topological polar surface area (TPSA) is 143 Å². The van der Waals surface area contributed by atoms with Crippen LogP contribution in [0.1, 0.15) is 38.8 Å². The number of nitrogens with zero attached hydrogens (tertiary/aromatic N) is 2. The van der Waals surface area contributed by atoms with E-state index in [2.05, 4.69) is 4.98 Å². The molecule has 11 heteroatoms. The monoisotopic (exact) mass is 389 g/mol. The summed E-state index contributed by atoms with van der Waals surface area (Å²) in [4.78, 5) is 27.2. The molecule has 1 saturated heterocycles. The van der Waals surface area contributed by atoms with Gasteiger partial charge in [-0.05, 0) is 6.42 Å². The van der Waals surface area contributed by atoms with E-state index in [-0.39, 0.29) is 6.61 Å². The Kier molecular flexibility index (Phi) is 7.66. The zero-order valence-electron chi connectivity index (χ0n) is 14.9. The summed E-state index contributed by atoms with van der Waals surface area (Å²) in [6, 6.07) is 0. The van der Waals surface area contributed by atoms with Crippen molar-refractivity contribution >= 4 is 11.9 Å². The minimum Gasteiger partial charge on any atom is -0.449 e. The minimum atomic E-state index is -1.56. The number of hydrogen-bond donors (Lipinski definition) is 4. The number of aliphatic hydroxyl groups excluding tert-OH is 3. The molecule has 4 N–H and O–H groups in total. The highest BCUT2D eigenvalue weighted by molar-refractivity contribution is 5.83. The molecule has 0 aliphatic carbocycles. The van der Waals surface area contributed by atoms with E-state index in [0.717, 1.165) is 19.3 Å². The van der Waals surface area contributed by atoms with E-state index in [0.29, 0.717) is 17.2 Å². The van der Waals surface area contributed by atoms with Crippen molar-refractivity contribution in [3.63, 3.8) is 0 Å². The Morgan fingerprint density at radius 3 is 2.74 bits per heavy atom. The van der Waals surface area contributed by atoms with Crippen LogP contribution in [0.25, 0.3) is 0 Å². The Morgan fingerprint density at radius 2 is 2.11 bits per heavy atom. The van der Waals surface area contributed by atoms with Crippen molar-refractivity contribution in [3.8, 4) is 0 Å². The van der Waals surface area contributed by atoms with Gasteiger partial charge in [0.15, 0.2) is 17.9 Å². The summed E-state index contributed by atoms with van der Waals surface area (Å²) in [6.07, 6.45) is -2.20. The maximum atomic E-state index is 14.2. The van der Waals surface area contributed by atoms with E-state index in [4.69, 9.17) is 14.6 Å². The maximum Gasteiger partial charge on any atom is 0.412 e. The zero-order valence-corrected chi connectivity index (χ0v) is 14.9. The fourth-order valence-corrected chi connectivity index (χ4v) is 2.65. The second-order valence-corrected chi connectivity index (χ2v) is 6.18. The number of carbonyl (C=O) groups excluding carboxylic acids is 1. The van der Waals surface area contributed by atoms with Crippen molar-refractivity contribution in [2.24, 2.45) is 0 Å². The van der Waals surface area contributed by atoms with E-state index in [1.54, 1.807) is 0 Å². The third-order valence-corrected chi connectivity index (χ3v) is 4.15. The van der Waals surface area contributed by atoms with Gasteiger partial charge in [0.1, 0.15) is 18.3 Å². The molecule has 0 aromatic carbocycles. The van der Waals surface area contributed by atoms with Gasteiger partial charge in [0, 0.05) is 0 Å². The Bertz CT molecular complexity index is 699. The molecule has 0 bridgehead atoms. The van der Waals surface area contributed by atoms with Gasteiger partial charge in [0.2, 0.25) is 0 Å². The largest absolute Gasteiger partial charge is 0.449 e. The number of carbonyl (C=O) groups is 1. The summed E-state index contributed by atoms with van der Waals surface area (Å²) in [5.41, 5.74) is -1.02. The van der Waals surface area contributed by atoms with E-state index in [1.165, 1.54) is 0 Å². The van der Waals surface area contributed by atoms with Crippen LogP contribution in [0.5, 0.6) is 0 Å². The van der Waals surface area contributed by atoms with Crippen LogP contribution in [0.2, 0.25) is 0 Å². The molecular formula is C16H24FN3O7. The third kappa shape index (κ3) is 5.22. The van der Waals surface area contributed by atoms with Gasteiger partial charge in [0.25, 0.3) is 0 Å². The Morgan fingerprint density at radius 1 is 1.37 bits per heavy atom. The second kappa shape index (κ2) is 9.74. The van der Waals surface area contributed by atoms with Crippen LogP contribution in [-0.2, 0) is 9.47 Å². The molecule has 4 atom stereocenters. The number of nitrogens with one attached hydrogen (secondary N) is 1. The molecular weight excluding hydrogens is 365 g/mol. The number of rotatable bonds is 8. The molecule has 1 fully saturated rings. The number of anilines is 1. The van der Waals surface area contributed by atoms with Crippen LogP contribution in [-0.4, -0.2) is 62.5 Å². The zero-order chi connectivity index (χ0) is 20.0. The molecule has 1 amide bonds. The average molecular weight is 389 g/mol. The summed E-state index contributed by atoms with van der Waals surface area (Å²) in [7, 11) is 0. The van der Waals surface area contributed by atoms with Crippen LogP contribution in [0.4, 0.5) is 15.0 Å². The van der Waals surface area contributed by atoms with Crippen LogP contribution < -0.4 is 11.0 Å². The smallest absolute Gasteiger partial charge is 0.412 e. The Labute approximate surface area is 154 Å². The SMILES string of the molecule is CCCCCCOC(=O)Nc1nc(=O)n([C@@H]2O[C@H](CO)[C@@H](O)[C@H]2O)cc1F. The Balaban J connectivity index is 2.02. The summed E-state index contributed by atoms with van der Waals surface area (Å²) in [6.45, 7) is 1.61. The molecule has 10 nitrogen and oxygen atoms in total. The summed E-state index contributed by atoms with van der Waals surface area (Å²) in [5, 5.41) is 30.8. The number of aromatic nitrogens is 2. The van der Waals surface area contributed by atoms with Crippen LogP contribution >= 0.6 is 0 Å². The number of halogens is 1. The van der Waals surface area contributed by atoms with Crippen molar-refractivity contribution in [1.82, 2.24) is 9.55 Å². The van der Waals surface area contributed by atoms with E-state index >= 15 is 0 Å². The lowest BCUT2D eigenvalue weighted by molar-refractivity contribution is -0.0553. The molecule has 1 aliphatic heterocycles. The number of ether oxygens (including phenoxy) is 2. The van der Waals surface area contributed by atoms with Crippen molar-refractivity contribution in [2.75, 3.05) is 18.5 Å². The van der Waals surface area contributed by atoms with Crippen LogP contribution in [0.3, 0.4) is 0 Å². The summed E-state index contributed by atoms with van der Waals surface area (Å²) in [5.74, 6) is -1.68. The van der Waals surface area contributed by atoms with Crippen molar-refractivity contribution < 1.29 is 34.0 Å². The highest BCUT2D eigenvalue weighted by Crippen LogP contribution is 2.28. The molecule has 27 heavy (non-hydrogen) atoms. The molecule has 0 spiro atoms. The second-order valence-electron chi connectivity index (χ2n) is 6.18. The number of hydrogen-bond acceptors (Lipinski definition) is 8. The van der Waals surface area contributed by atoms with E-state index < -0.39 is 54.6 Å². The molecule has 2 heterocycles. The highest BCUT2D eigenvalue weighted by atomic mass is 19.1. The van der Waals surface area contributed by atoms with Crippen molar-refractivity contribution in [1.29, 1.82) is 0 Å². The first kappa shape index (κ1) is 21.2. The Hall–Kier alpha value is -2.08. The van der Waals surface area contributed by atoms with Crippen molar-refractivity contribution in [2.45, 2.75) is 57.1 Å². The predicted molar refractivity (Wildman–Crippen MR) is 90.6 cm³/mol. The lowest BCUT2D eigenvalue weighted by atomic mass is 10.1. The highest BCUT2D eigenvalue weighted by Gasteiger charge is 2.44. The average Bonchev–Trinajstić information content (AvgIpc) is 2.92. The van der Waals surface area contributed by atoms with Gasteiger partial charge in [-0.1, -0.05) is 26.2 Å². The molecule has 1 aromatic heterocycles. The molecule has 152 valence electrons. The maximum absolute atomic E-state index is 14.2. The van der Waals surface area contributed by atoms with Gasteiger partial charge in [-0.25, -0.2) is 14.0 Å².